The molecule has 5 rings (SSSR count). The molecule has 3 aromatic carbocycles. The summed E-state index contributed by atoms with van der Waals surface area (Å²) in [6.07, 6.45) is -0.603. The minimum Gasteiger partial charge on any atom is -0.484 e. The second-order valence-corrected chi connectivity index (χ2v) is 10.6. The minimum absolute atomic E-state index is 0.0460. The Morgan fingerprint density at radius 3 is 2.37 bits per heavy atom. The van der Waals surface area contributed by atoms with Crippen molar-refractivity contribution >= 4 is 17.5 Å². The number of halogens is 1. The molecular formula is C31H35FN4O5. The van der Waals surface area contributed by atoms with Crippen molar-refractivity contribution in [2.24, 2.45) is 0 Å². The number of likely N-dealkylation sites (N-methyl/N-ethyl adjacent to an activating group) is 1. The monoisotopic (exact) mass is 562 g/mol. The van der Waals surface area contributed by atoms with Crippen LogP contribution in [0.4, 0.5) is 10.1 Å². The van der Waals surface area contributed by atoms with Gasteiger partial charge in [0.05, 0.1) is 11.7 Å². The van der Waals surface area contributed by atoms with Gasteiger partial charge in [-0.3, -0.25) is 14.9 Å². The van der Waals surface area contributed by atoms with E-state index in [0.717, 1.165) is 24.0 Å². The van der Waals surface area contributed by atoms with Crippen LogP contribution < -0.4 is 20.7 Å². The maximum absolute atomic E-state index is 15.0. The van der Waals surface area contributed by atoms with Gasteiger partial charge in [-0.1, -0.05) is 55.5 Å². The lowest BCUT2D eigenvalue weighted by atomic mass is 9.91. The fourth-order valence-corrected chi connectivity index (χ4v) is 5.30. The Hall–Kier alpha value is -3.83. The quantitative estimate of drug-likeness (QED) is 0.257. The third-order valence-corrected chi connectivity index (χ3v) is 7.79. The lowest BCUT2D eigenvalue weighted by Gasteiger charge is -2.35. The molecule has 1 heterocycles. The van der Waals surface area contributed by atoms with Crippen LogP contribution >= 0.6 is 0 Å². The predicted octanol–water partition coefficient (Wildman–Crippen LogP) is 3.18. The molecule has 2 aliphatic rings. The van der Waals surface area contributed by atoms with E-state index in [1.807, 2.05) is 43.3 Å². The second kappa shape index (κ2) is 12.4. The molecule has 0 radical (unpaired) electrons. The topological polar surface area (TPSA) is 123 Å². The molecular weight excluding hydrogens is 527 g/mol. The van der Waals surface area contributed by atoms with Crippen LogP contribution in [0.15, 0.2) is 72.8 Å². The Morgan fingerprint density at radius 1 is 1.05 bits per heavy atom. The van der Waals surface area contributed by atoms with Gasteiger partial charge in [0.2, 0.25) is 5.91 Å². The molecule has 5 N–H and O–H groups in total. The zero-order valence-corrected chi connectivity index (χ0v) is 23.0. The molecule has 1 aliphatic carbocycles. The summed E-state index contributed by atoms with van der Waals surface area (Å²) in [7, 11) is 1.52. The normalized spacial score (nSPS) is 22.1. The highest BCUT2D eigenvalue weighted by molar-refractivity contribution is 5.95. The van der Waals surface area contributed by atoms with Crippen LogP contribution in [-0.2, 0) is 9.59 Å². The van der Waals surface area contributed by atoms with E-state index in [-0.39, 0.29) is 18.2 Å². The lowest BCUT2D eigenvalue weighted by Crippen LogP contribution is -2.54. The van der Waals surface area contributed by atoms with E-state index in [1.54, 1.807) is 30.3 Å². The number of nitrogens with zero attached hydrogens (tertiary/aromatic N) is 1. The van der Waals surface area contributed by atoms with Gasteiger partial charge < -0.3 is 25.6 Å². The fraction of sp³-hybridized carbons (Fsp3) is 0.355. The van der Waals surface area contributed by atoms with Crippen LogP contribution in [0.3, 0.4) is 0 Å². The molecule has 1 saturated heterocycles. The number of amides is 2. The molecule has 9 nitrogen and oxygen atoms in total. The number of aliphatic hydroxyl groups excluding tert-OH is 2. The van der Waals surface area contributed by atoms with Crippen LogP contribution in [0.5, 0.6) is 5.75 Å². The molecule has 41 heavy (non-hydrogen) atoms. The van der Waals surface area contributed by atoms with Crippen LogP contribution in [0, 0.1) is 5.82 Å². The van der Waals surface area contributed by atoms with Crippen molar-refractivity contribution in [2.45, 2.75) is 56.3 Å². The van der Waals surface area contributed by atoms with Crippen molar-refractivity contribution in [2.75, 3.05) is 19.0 Å². The van der Waals surface area contributed by atoms with Gasteiger partial charge in [-0.25, -0.2) is 9.29 Å². The highest BCUT2D eigenvalue weighted by atomic mass is 19.1. The first-order valence-corrected chi connectivity index (χ1v) is 13.7. The Balaban J connectivity index is 1.38. The second-order valence-electron chi connectivity index (χ2n) is 10.6. The Bertz CT molecular complexity index is 1370. The highest BCUT2D eigenvalue weighted by Crippen LogP contribution is 2.41. The number of ether oxygens (including phenoxy) is 1. The Morgan fingerprint density at radius 2 is 1.73 bits per heavy atom. The van der Waals surface area contributed by atoms with Crippen molar-refractivity contribution in [1.29, 1.82) is 0 Å². The zero-order chi connectivity index (χ0) is 29.1. The molecule has 1 saturated carbocycles. The van der Waals surface area contributed by atoms with Crippen LogP contribution in [0.25, 0.3) is 0 Å². The Kier molecular flexibility index (Phi) is 8.65. The summed E-state index contributed by atoms with van der Waals surface area (Å²) in [5.74, 6) is -0.989. The average Bonchev–Trinajstić information content (AvgIpc) is 3.80. The van der Waals surface area contributed by atoms with Gasteiger partial charge in [-0.2, -0.15) is 0 Å². The third-order valence-electron chi connectivity index (χ3n) is 7.79. The average molecular weight is 563 g/mol. The molecule has 5 atom stereocenters. The maximum atomic E-state index is 15.0. The van der Waals surface area contributed by atoms with E-state index in [4.69, 9.17) is 4.74 Å². The molecule has 0 aromatic heterocycles. The number of benzene rings is 3. The summed E-state index contributed by atoms with van der Waals surface area (Å²) in [5, 5.41) is 30.7. The first kappa shape index (κ1) is 28.7. The molecule has 216 valence electrons. The number of aliphatic hydroxyl groups is 2. The largest absolute Gasteiger partial charge is 0.484 e. The molecule has 3 aromatic rings. The van der Waals surface area contributed by atoms with Crippen LogP contribution in [-0.4, -0.2) is 59.2 Å². The standard InChI is InChI=1S/C31H35FN4O5/c1-18(19-6-4-3-5-7-19)28(29(38)34-25-15-12-22(16-24(25)32)20-8-9-20)36-30(39)27(35-31(36)40)21-10-13-23(14-11-21)41-17-26(37)33-2/h3-7,10-16,18,20,27-28,30-31,35,39-40H,8-9,17H2,1-2H3,(H,33,37)(H,34,38)/t18-,27+,28-,30?,31?/m0/s1. The number of hydrogen-bond acceptors (Lipinski definition) is 7. The number of carbonyl (C=O) groups excluding carboxylic acids is 2. The number of nitrogens with one attached hydrogen (secondary N) is 3. The van der Waals surface area contributed by atoms with E-state index in [1.165, 1.54) is 18.0 Å². The fourth-order valence-electron chi connectivity index (χ4n) is 5.30. The zero-order valence-electron chi connectivity index (χ0n) is 23.0. The molecule has 2 fully saturated rings. The minimum atomic E-state index is -1.37. The summed E-state index contributed by atoms with van der Waals surface area (Å²) in [4.78, 5) is 26.6. The van der Waals surface area contributed by atoms with Gasteiger partial charge in [-0.15, -0.1) is 0 Å². The van der Waals surface area contributed by atoms with Gasteiger partial charge in [0.1, 0.15) is 23.8 Å². The van der Waals surface area contributed by atoms with Crippen molar-refractivity contribution in [3.8, 4) is 5.75 Å². The van der Waals surface area contributed by atoms with Gasteiger partial charge in [0, 0.05) is 13.0 Å². The van der Waals surface area contributed by atoms with Crippen molar-refractivity contribution in [3.63, 3.8) is 0 Å². The molecule has 2 amide bonds. The first-order valence-electron chi connectivity index (χ1n) is 13.7. The highest BCUT2D eigenvalue weighted by Gasteiger charge is 2.47. The first-order chi connectivity index (χ1) is 19.8. The maximum Gasteiger partial charge on any atom is 0.257 e. The number of carbonyl (C=O) groups is 2. The van der Waals surface area contributed by atoms with Crippen molar-refractivity contribution in [3.05, 3.63) is 95.3 Å². The summed E-state index contributed by atoms with van der Waals surface area (Å²) in [6, 6.07) is 19.1. The Labute approximate surface area is 238 Å². The van der Waals surface area contributed by atoms with E-state index >= 15 is 0 Å². The van der Waals surface area contributed by atoms with Gasteiger partial charge in [0.25, 0.3) is 5.91 Å². The number of hydrogen-bond donors (Lipinski definition) is 5. The number of rotatable bonds is 10. The number of anilines is 1. The molecule has 0 bridgehead atoms. The van der Waals surface area contributed by atoms with Crippen LogP contribution in [0.1, 0.15) is 54.3 Å². The molecule has 10 heteroatoms. The summed E-state index contributed by atoms with van der Waals surface area (Å²) in [6.45, 7) is 1.70. The summed E-state index contributed by atoms with van der Waals surface area (Å²) < 4.78 is 20.4. The molecule has 1 aliphatic heterocycles. The van der Waals surface area contributed by atoms with E-state index in [0.29, 0.717) is 17.2 Å². The van der Waals surface area contributed by atoms with Gasteiger partial charge >= 0.3 is 0 Å². The molecule has 2 unspecified atom stereocenters. The lowest BCUT2D eigenvalue weighted by molar-refractivity contribution is -0.137. The SMILES string of the molecule is CNC(=O)COc1ccc([C@H]2NC(O)N([C@H](C(=O)Nc3ccc(C4CC4)cc3F)[C@@H](C)c3ccccc3)C2O)cc1. The van der Waals surface area contributed by atoms with Crippen molar-refractivity contribution in [1.82, 2.24) is 15.5 Å². The van der Waals surface area contributed by atoms with Crippen LogP contribution in [0.2, 0.25) is 0 Å². The van der Waals surface area contributed by atoms with Gasteiger partial charge in [-0.05, 0) is 59.7 Å². The summed E-state index contributed by atoms with van der Waals surface area (Å²) >= 11 is 0. The predicted molar refractivity (Wildman–Crippen MR) is 151 cm³/mol. The van der Waals surface area contributed by atoms with E-state index in [9.17, 15) is 24.2 Å². The summed E-state index contributed by atoms with van der Waals surface area (Å²) in [5.41, 5.74) is 2.42. The smallest absolute Gasteiger partial charge is 0.257 e. The molecule has 0 spiro atoms. The van der Waals surface area contributed by atoms with Crippen molar-refractivity contribution < 1.29 is 28.9 Å². The van der Waals surface area contributed by atoms with E-state index < -0.39 is 42.3 Å². The van der Waals surface area contributed by atoms with E-state index in [2.05, 4.69) is 16.0 Å². The third kappa shape index (κ3) is 6.41. The van der Waals surface area contributed by atoms with Gasteiger partial charge in [0.15, 0.2) is 13.0 Å².